The Morgan fingerprint density at radius 1 is 1.30 bits per heavy atom. The van der Waals surface area contributed by atoms with E-state index in [1.165, 1.54) is 6.07 Å². The van der Waals surface area contributed by atoms with Crippen LogP contribution in [0.15, 0.2) is 18.2 Å². The van der Waals surface area contributed by atoms with Gasteiger partial charge in [0.25, 0.3) is 0 Å². The second kappa shape index (κ2) is 6.95. The van der Waals surface area contributed by atoms with E-state index in [1.54, 1.807) is 25.5 Å². The summed E-state index contributed by atoms with van der Waals surface area (Å²) in [4.78, 5) is 11.2. The highest BCUT2D eigenvalue weighted by molar-refractivity contribution is 5.68. The molecule has 0 saturated carbocycles. The Balaban J connectivity index is 0.00000264. The first-order valence-corrected chi connectivity index (χ1v) is 6.67. The zero-order chi connectivity index (χ0) is 16.6. The van der Waals surface area contributed by atoms with Gasteiger partial charge >= 0.3 is 11.8 Å². The van der Waals surface area contributed by atoms with E-state index in [0.29, 0.717) is 11.5 Å². The van der Waals surface area contributed by atoms with Gasteiger partial charge in [0.2, 0.25) is 0 Å². The van der Waals surface area contributed by atoms with Crippen LogP contribution in [-0.4, -0.2) is 21.0 Å². The fourth-order valence-corrected chi connectivity index (χ4v) is 2.53. The summed E-state index contributed by atoms with van der Waals surface area (Å²) in [6.45, 7) is 3.45. The average molecular weight is 347 g/mol. The highest BCUT2D eigenvalue weighted by atomic mass is 35.5. The van der Waals surface area contributed by atoms with Crippen molar-refractivity contribution in [2.24, 2.45) is 7.05 Å². The number of carboxylic acid groups (broad SMARTS) is 1. The topological polar surface area (TPSA) is 66.3 Å². The number of halogens is 3. The van der Waals surface area contributed by atoms with Crippen LogP contribution in [0.1, 0.15) is 35.1 Å². The summed E-state index contributed by atoms with van der Waals surface area (Å²) in [7, 11) is 1.68. The van der Waals surface area contributed by atoms with Crippen LogP contribution in [0.4, 0.5) is 8.78 Å². The summed E-state index contributed by atoms with van der Waals surface area (Å²) in [5, 5.41) is 19.3. The summed E-state index contributed by atoms with van der Waals surface area (Å²) >= 11 is 0. The maximum atomic E-state index is 13.5. The molecule has 5 nitrogen and oxygen atoms in total. The molecule has 0 aliphatic rings. The largest absolute Gasteiger partial charge is 1.00 e. The number of nitrogens with zero attached hydrogens (tertiary/aromatic N) is 2. The summed E-state index contributed by atoms with van der Waals surface area (Å²) < 4.78 is 29.1. The smallest absolute Gasteiger partial charge is 0.304 e. The van der Waals surface area contributed by atoms with Gasteiger partial charge in [-0.1, -0.05) is 6.07 Å². The first kappa shape index (κ1) is 18.9. The monoisotopic (exact) mass is 346 g/mol. The molecule has 0 saturated heterocycles. The Bertz CT molecular complexity index is 721. The van der Waals surface area contributed by atoms with Crippen LogP contribution in [0.3, 0.4) is 0 Å². The second-order valence-electron chi connectivity index (χ2n) is 5.22. The van der Waals surface area contributed by atoms with Gasteiger partial charge in [-0.3, -0.25) is 4.79 Å². The molecule has 2 aromatic rings. The minimum atomic E-state index is -1.11. The summed E-state index contributed by atoms with van der Waals surface area (Å²) in [5.74, 6) is -3.68. The van der Waals surface area contributed by atoms with Crippen molar-refractivity contribution < 1.29 is 40.9 Å². The standard InChI is InChI=1S/C15H16F2N2O3.ClH/c1-8-9(2)19(22)15(18(8)3)11(7-14(20)21)10-4-5-12(16)13(17)6-10;/h4-6,11H,7H2,1-3H3,(H-,20,21,22);1H. The molecule has 2 rings (SSSR count). The predicted octanol–water partition coefficient (Wildman–Crippen LogP) is -0.944. The predicted molar refractivity (Wildman–Crippen MR) is 72.7 cm³/mol. The van der Waals surface area contributed by atoms with E-state index in [0.717, 1.165) is 22.6 Å². The number of aromatic nitrogens is 2. The third kappa shape index (κ3) is 3.44. The van der Waals surface area contributed by atoms with E-state index in [9.17, 15) is 18.8 Å². The van der Waals surface area contributed by atoms with Crippen LogP contribution in [-0.2, 0) is 11.8 Å². The minimum absolute atomic E-state index is 0. The van der Waals surface area contributed by atoms with Crippen molar-refractivity contribution in [3.63, 3.8) is 0 Å². The molecule has 1 aromatic carbocycles. The van der Waals surface area contributed by atoms with Gasteiger partial charge in [0, 0.05) is 13.8 Å². The third-order valence-electron chi connectivity index (χ3n) is 3.94. The average Bonchev–Trinajstić information content (AvgIpc) is 2.64. The van der Waals surface area contributed by atoms with Crippen LogP contribution in [0.5, 0.6) is 0 Å². The van der Waals surface area contributed by atoms with Gasteiger partial charge in [0.1, 0.15) is 5.69 Å². The Hall–Kier alpha value is -2.15. The Morgan fingerprint density at radius 2 is 1.91 bits per heavy atom. The van der Waals surface area contributed by atoms with Crippen LogP contribution >= 0.6 is 0 Å². The van der Waals surface area contributed by atoms with Gasteiger partial charge in [0.15, 0.2) is 17.3 Å². The molecular weight excluding hydrogens is 330 g/mol. The second-order valence-corrected chi connectivity index (χ2v) is 5.22. The maximum absolute atomic E-state index is 13.5. The zero-order valence-electron chi connectivity index (χ0n) is 12.8. The maximum Gasteiger partial charge on any atom is 0.304 e. The summed E-state index contributed by atoms with van der Waals surface area (Å²) in [5.41, 5.74) is 1.58. The summed E-state index contributed by atoms with van der Waals surface area (Å²) in [6, 6.07) is 3.23. The molecule has 126 valence electrons. The first-order chi connectivity index (χ1) is 10.2. The van der Waals surface area contributed by atoms with Crippen molar-refractivity contribution in [3.8, 4) is 0 Å². The lowest BCUT2D eigenvalue weighted by molar-refractivity contribution is -0.686. The van der Waals surface area contributed by atoms with Crippen molar-refractivity contribution in [1.29, 1.82) is 0 Å². The molecule has 1 aromatic heterocycles. The van der Waals surface area contributed by atoms with E-state index in [-0.39, 0.29) is 24.4 Å². The molecule has 2 N–H and O–H groups in total. The quantitative estimate of drug-likeness (QED) is 0.554. The van der Waals surface area contributed by atoms with E-state index in [4.69, 9.17) is 5.11 Å². The van der Waals surface area contributed by atoms with E-state index in [1.807, 2.05) is 0 Å². The number of benzene rings is 1. The van der Waals surface area contributed by atoms with E-state index in [2.05, 4.69) is 0 Å². The van der Waals surface area contributed by atoms with Crippen LogP contribution in [0, 0.1) is 25.5 Å². The van der Waals surface area contributed by atoms with Gasteiger partial charge in [-0.15, -0.1) is 0 Å². The first-order valence-electron chi connectivity index (χ1n) is 6.67. The molecule has 1 atom stereocenters. The molecule has 0 aliphatic carbocycles. The molecule has 8 heteroatoms. The molecule has 1 unspecified atom stereocenters. The number of aliphatic carboxylic acids is 1. The fourth-order valence-electron chi connectivity index (χ4n) is 2.53. The molecule has 0 bridgehead atoms. The molecule has 0 fully saturated rings. The fraction of sp³-hybridized carbons (Fsp3) is 0.333. The van der Waals surface area contributed by atoms with Gasteiger partial charge < -0.3 is 22.7 Å². The lowest BCUT2D eigenvalue weighted by Crippen LogP contribution is -3.00. The van der Waals surface area contributed by atoms with Gasteiger partial charge in [-0.25, -0.2) is 13.3 Å². The lowest BCUT2D eigenvalue weighted by Gasteiger charge is -2.12. The Kier molecular flexibility index (Phi) is 5.71. The number of carboxylic acids is 1. The van der Waals surface area contributed by atoms with Crippen LogP contribution < -0.4 is 17.0 Å². The highest BCUT2D eigenvalue weighted by Gasteiger charge is 2.34. The third-order valence-corrected chi connectivity index (χ3v) is 3.94. The van der Waals surface area contributed by atoms with Crippen molar-refractivity contribution in [2.45, 2.75) is 26.2 Å². The number of carbonyl (C=O) groups is 1. The molecular formula is C15H17ClF2N2O3. The van der Waals surface area contributed by atoms with Crippen molar-refractivity contribution in [3.05, 3.63) is 52.6 Å². The van der Waals surface area contributed by atoms with Crippen molar-refractivity contribution >= 4 is 5.97 Å². The number of hydrogen-bond donors (Lipinski definition) is 2. The van der Waals surface area contributed by atoms with Crippen LogP contribution in [0.25, 0.3) is 0 Å². The van der Waals surface area contributed by atoms with Crippen molar-refractivity contribution in [2.75, 3.05) is 0 Å². The lowest BCUT2D eigenvalue weighted by atomic mass is 9.94. The van der Waals surface area contributed by atoms with Crippen molar-refractivity contribution in [1.82, 2.24) is 4.73 Å². The normalized spacial score (nSPS) is 11.9. The van der Waals surface area contributed by atoms with Crippen LogP contribution in [0.2, 0.25) is 0 Å². The number of hydrogen-bond acceptors (Lipinski definition) is 2. The SMILES string of the molecule is Cc1c(C)[n+](C)c(C(CC(=O)O)c2ccc(F)c(F)c2)n1O.[Cl-]. The molecule has 23 heavy (non-hydrogen) atoms. The Morgan fingerprint density at radius 3 is 2.35 bits per heavy atom. The number of rotatable bonds is 4. The summed E-state index contributed by atoms with van der Waals surface area (Å²) in [6.07, 6.45) is -0.359. The molecule has 0 spiro atoms. The zero-order valence-corrected chi connectivity index (χ0v) is 13.6. The Labute approximate surface area is 138 Å². The molecule has 1 heterocycles. The van der Waals surface area contributed by atoms with E-state index >= 15 is 0 Å². The highest BCUT2D eigenvalue weighted by Crippen LogP contribution is 2.28. The van der Waals surface area contributed by atoms with Gasteiger partial charge in [0.05, 0.1) is 19.4 Å². The molecule has 0 amide bonds. The minimum Gasteiger partial charge on any atom is -1.00 e. The molecule has 0 radical (unpaired) electrons. The van der Waals surface area contributed by atoms with Gasteiger partial charge in [-0.05, 0) is 22.4 Å². The van der Waals surface area contributed by atoms with Gasteiger partial charge in [-0.2, -0.15) is 0 Å². The number of imidazole rings is 1. The van der Waals surface area contributed by atoms with E-state index < -0.39 is 23.5 Å². The molecule has 0 aliphatic heterocycles.